The van der Waals surface area contributed by atoms with E-state index < -0.39 is 5.97 Å². The zero-order valence-electron chi connectivity index (χ0n) is 16.4. The maximum Gasteiger partial charge on any atom is 0.343 e. The van der Waals surface area contributed by atoms with Gasteiger partial charge in [0.15, 0.2) is 0 Å². The Labute approximate surface area is 179 Å². The number of amides is 1. The lowest BCUT2D eigenvalue weighted by atomic mass is 10.1. The molecule has 0 aliphatic heterocycles. The number of nitrogens with zero attached hydrogens (tertiary/aromatic N) is 1. The number of rotatable bonds is 6. The van der Waals surface area contributed by atoms with Crippen molar-refractivity contribution in [3.63, 3.8) is 0 Å². The average Bonchev–Trinajstić information content (AvgIpc) is 2.75. The summed E-state index contributed by atoms with van der Waals surface area (Å²) in [5, 5.41) is 4.51. The quantitative estimate of drug-likeness (QED) is 0.272. The number of aryl methyl sites for hydroxylation is 1. The van der Waals surface area contributed by atoms with Gasteiger partial charge in [0.2, 0.25) is 0 Å². The first kappa shape index (κ1) is 21.1. The van der Waals surface area contributed by atoms with Gasteiger partial charge in [-0.15, -0.1) is 0 Å². The molecule has 0 bridgehead atoms. The van der Waals surface area contributed by atoms with E-state index in [2.05, 4.69) is 10.5 Å². The largest absolute Gasteiger partial charge is 0.496 e. The molecule has 1 amide bonds. The van der Waals surface area contributed by atoms with Crippen LogP contribution in [-0.2, 0) is 0 Å². The Kier molecular flexibility index (Phi) is 6.83. The third kappa shape index (κ3) is 5.46. The first-order chi connectivity index (χ1) is 14.5. The first-order valence-electron chi connectivity index (χ1n) is 9.02. The van der Waals surface area contributed by atoms with Gasteiger partial charge < -0.3 is 9.47 Å². The van der Waals surface area contributed by atoms with Gasteiger partial charge in [0, 0.05) is 5.02 Å². The molecule has 3 aromatic rings. The molecule has 0 saturated heterocycles. The highest BCUT2D eigenvalue weighted by molar-refractivity contribution is 6.30. The van der Waals surface area contributed by atoms with Crippen LogP contribution in [0.5, 0.6) is 11.5 Å². The summed E-state index contributed by atoms with van der Waals surface area (Å²) in [6.45, 7) is 1.92. The molecule has 152 valence electrons. The molecule has 0 aliphatic rings. The summed E-state index contributed by atoms with van der Waals surface area (Å²) in [6.07, 6.45) is 1.49. The smallest absolute Gasteiger partial charge is 0.343 e. The van der Waals surface area contributed by atoms with Crippen LogP contribution in [0.2, 0.25) is 5.02 Å². The van der Waals surface area contributed by atoms with Crippen molar-refractivity contribution in [3.8, 4) is 11.5 Å². The number of ether oxygens (including phenoxy) is 2. The second-order valence-corrected chi connectivity index (χ2v) is 6.80. The third-order valence-corrected chi connectivity index (χ3v) is 4.40. The second-order valence-electron chi connectivity index (χ2n) is 6.37. The van der Waals surface area contributed by atoms with Crippen LogP contribution in [0.3, 0.4) is 0 Å². The molecule has 30 heavy (non-hydrogen) atoms. The van der Waals surface area contributed by atoms with Gasteiger partial charge in [-0.05, 0) is 78.7 Å². The third-order valence-electron chi connectivity index (χ3n) is 4.15. The van der Waals surface area contributed by atoms with Gasteiger partial charge >= 0.3 is 5.97 Å². The first-order valence-corrected chi connectivity index (χ1v) is 9.40. The summed E-state index contributed by atoms with van der Waals surface area (Å²) in [7, 11) is 1.51. The molecule has 1 N–H and O–H groups in total. The molecule has 7 heteroatoms. The van der Waals surface area contributed by atoms with Crippen LogP contribution in [0.4, 0.5) is 0 Å². The van der Waals surface area contributed by atoms with Crippen LogP contribution >= 0.6 is 11.6 Å². The van der Waals surface area contributed by atoms with E-state index in [-0.39, 0.29) is 5.91 Å². The molecule has 6 nitrogen and oxygen atoms in total. The van der Waals surface area contributed by atoms with E-state index in [4.69, 9.17) is 21.1 Å². The Morgan fingerprint density at radius 1 is 1.00 bits per heavy atom. The van der Waals surface area contributed by atoms with E-state index in [1.807, 2.05) is 13.0 Å². The van der Waals surface area contributed by atoms with Crippen LogP contribution < -0.4 is 14.9 Å². The van der Waals surface area contributed by atoms with E-state index in [1.165, 1.54) is 13.3 Å². The summed E-state index contributed by atoms with van der Waals surface area (Å²) in [5.74, 6) is 0.0130. The molecule has 0 unspecified atom stereocenters. The van der Waals surface area contributed by atoms with Gasteiger partial charge in [0.1, 0.15) is 11.5 Å². The number of methoxy groups -OCH3 is 1. The van der Waals surface area contributed by atoms with Crippen molar-refractivity contribution in [1.82, 2.24) is 5.43 Å². The number of nitrogens with one attached hydrogen (secondary N) is 1. The van der Waals surface area contributed by atoms with Crippen molar-refractivity contribution in [3.05, 3.63) is 94.0 Å². The highest BCUT2D eigenvalue weighted by Crippen LogP contribution is 2.20. The fraction of sp³-hybridized carbons (Fsp3) is 0.0870. The van der Waals surface area contributed by atoms with Gasteiger partial charge in [0.25, 0.3) is 5.91 Å². The summed E-state index contributed by atoms with van der Waals surface area (Å²) in [5.41, 5.74) is 4.97. The van der Waals surface area contributed by atoms with Crippen LogP contribution in [0.25, 0.3) is 0 Å². The molecular formula is C23H19ClN2O4. The van der Waals surface area contributed by atoms with Gasteiger partial charge in [-0.25, -0.2) is 10.2 Å². The minimum Gasteiger partial charge on any atom is -0.496 e. The molecular weight excluding hydrogens is 404 g/mol. The molecule has 3 aromatic carbocycles. The fourth-order valence-corrected chi connectivity index (χ4v) is 2.71. The topological polar surface area (TPSA) is 77.0 Å². The van der Waals surface area contributed by atoms with Crippen molar-refractivity contribution in [2.75, 3.05) is 7.11 Å². The number of carbonyl (C=O) groups is 2. The maximum atomic E-state index is 12.3. The SMILES string of the molecule is COc1cc(C)ccc1C(=O)NN=Cc1ccc(OC(=O)c2ccc(Cl)cc2)cc1. The van der Waals surface area contributed by atoms with Gasteiger partial charge in [-0.1, -0.05) is 17.7 Å². The number of carbonyl (C=O) groups excluding carboxylic acids is 2. The van der Waals surface area contributed by atoms with Gasteiger partial charge in [-0.2, -0.15) is 5.10 Å². The average molecular weight is 423 g/mol. The number of hydrogen-bond donors (Lipinski definition) is 1. The predicted octanol–water partition coefficient (Wildman–Crippen LogP) is 4.64. The second kappa shape index (κ2) is 9.71. The van der Waals surface area contributed by atoms with E-state index in [1.54, 1.807) is 60.7 Å². The molecule has 0 saturated carbocycles. The fourth-order valence-electron chi connectivity index (χ4n) is 2.59. The molecule has 0 radical (unpaired) electrons. The number of hydrazone groups is 1. The molecule has 0 atom stereocenters. The zero-order chi connectivity index (χ0) is 21.5. The molecule has 0 aliphatic carbocycles. The molecule has 0 spiro atoms. The Hall–Kier alpha value is -3.64. The lowest BCUT2D eigenvalue weighted by Crippen LogP contribution is -2.18. The van der Waals surface area contributed by atoms with Crippen LogP contribution in [0.1, 0.15) is 31.8 Å². The Balaban J connectivity index is 1.59. The van der Waals surface area contributed by atoms with Crippen molar-refractivity contribution in [2.45, 2.75) is 6.92 Å². The molecule has 0 heterocycles. The highest BCUT2D eigenvalue weighted by Gasteiger charge is 2.11. The number of esters is 1. The van der Waals surface area contributed by atoms with Crippen molar-refractivity contribution >= 4 is 29.7 Å². The molecule has 3 rings (SSSR count). The minimum absolute atomic E-state index is 0.378. The van der Waals surface area contributed by atoms with Crippen LogP contribution in [0, 0.1) is 6.92 Å². The number of halogens is 1. The number of benzene rings is 3. The van der Waals surface area contributed by atoms with Crippen molar-refractivity contribution in [2.24, 2.45) is 5.10 Å². The Bertz CT molecular complexity index is 1080. The number of hydrogen-bond acceptors (Lipinski definition) is 5. The van der Waals surface area contributed by atoms with E-state index in [0.717, 1.165) is 11.1 Å². The van der Waals surface area contributed by atoms with Crippen molar-refractivity contribution in [1.29, 1.82) is 0 Å². The zero-order valence-corrected chi connectivity index (χ0v) is 17.1. The van der Waals surface area contributed by atoms with Gasteiger partial charge in [-0.3, -0.25) is 4.79 Å². The summed E-state index contributed by atoms with van der Waals surface area (Å²) >= 11 is 5.81. The predicted molar refractivity (Wildman–Crippen MR) is 116 cm³/mol. The monoisotopic (exact) mass is 422 g/mol. The maximum absolute atomic E-state index is 12.3. The summed E-state index contributed by atoms with van der Waals surface area (Å²) in [6, 6.07) is 18.4. The van der Waals surface area contributed by atoms with E-state index in [9.17, 15) is 9.59 Å². The molecule has 0 aromatic heterocycles. The van der Waals surface area contributed by atoms with Gasteiger partial charge in [0.05, 0.1) is 24.5 Å². The minimum atomic E-state index is -0.479. The lowest BCUT2D eigenvalue weighted by Gasteiger charge is -2.07. The Morgan fingerprint density at radius 2 is 1.70 bits per heavy atom. The summed E-state index contributed by atoms with van der Waals surface area (Å²) < 4.78 is 10.6. The van der Waals surface area contributed by atoms with Crippen LogP contribution in [0.15, 0.2) is 71.8 Å². The normalized spacial score (nSPS) is 10.6. The lowest BCUT2D eigenvalue weighted by molar-refractivity contribution is 0.0734. The summed E-state index contributed by atoms with van der Waals surface area (Å²) in [4.78, 5) is 24.4. The van der Waals surface area contributed by atoms with Crippen LogP contribution in [-0.4, -0.2) is 25.2 Å². The van der Waals surface area contributed by atoms with E-state index >= 15 is 0 Å². The van der Waals surface area contributed by atoms with E-state index in [0.29, 0.717) is 27.6 Å². The van der Waals surface area contributed by atoms with Crippen molar-refractivity contribution < 1.29 is 19.1 Å². The highest BCUT2D eigenvalue weighted by atomic mass is 35.5. The Morgan fingerprint density at radius 3 is 2.37 bits per heavy atom. The molecule has 0 fully saturated rings. The standard InChI is InChI=1S/C23H19ClN2O4/c1-15-3-12-20(21(13-15)29-2)22(27)26-25-14-16-4-10-19(11-5-16)30-23(28)17-6-8-18(24)9-7-17/h3-14H,1-2H3,(H,26,27).